The molecule has 1 N–H and O–H groups in total. The lowest BCUT2D eigenvalue weighted by Gasteiger charge is -2.30. The van der Waals surface area contributed by atoms with Gasteiger partial charge in [-0.05, 0) is 73.0 Å². The summed E-state index contributed by atoms with van der Waals surface area (Å²) >= 11 is 12.2. The van der Waals surface area contributed by atoms with Crippen molar-refractivity contribution in [1.82, 2.24) is 5.16 Å². The summed E-state index contributed by atoms with van der Waals surface area (Å²) in [5, 5.41) is 16.0. The first kappa shape index (κ1) is 27.0. The fraction of sp³-hybridized carbons (Fsp3) is 0.259. The minimum absolute atomic E-state index is 0.136. The normalized spacial score (nSPS) is 12.6. The van der Waals surface area contributed by atoms with Gasteiger partial charge in [0, 0.05) is 15.6 Å². The summed E-state index contributed by atoms with van der Waals surface area (Å²) in [6, 6.07) is 13.4. The molecule has 0 aliphatic heterocycles. The highest BCUT2D eigenvalue weighted by Crippen LogP contribution is 2.35. The molecule has 0 saturated heterocycles. The molecule has 0 radical (unpaired) electrons. The second-order valence-electron chi connectivity index (χ2n) is 8.85. The molecule has 0 aliphatic carbocycles. The van der Waals surface area contributed by atoms with Crippen molar-refractivity contribution in [3.63, 3.8) is 0 Å². The monoisotopic (exact) mass is 560 g/mol. The Morgan fingerprint density at radius 1 is 1.03 bits per heavy atom. The van der Waals surface area contributed by atoms with E-state index in [0.29, 0.717) is 18.6 Å². The molecule has 7 nitrogen and oxygen atoms in total. The molecule has 0 saturated carbocycles. The molecule has 0 bridgehead atoms. The number of unbranched alkanes of at least 4 members (excludes halogenated alkanes) is 1. The van der Waals surface area contributed by atoms with Crippen LogP contribution in [-0.2, 0) is 14.8 Å². The van der Waals surface area contributed by atoms with E-state index in [1.807, 2.05) is 39.0 Å². The highest BCUT2D eigenvalue weighted by molar-refractivity contribution is 7.93. The van der Waals surface area contributed by atoms with Gasteiger partial charge in [-0.1, -0.05) is 66.3 Å². The van der Waals surface area contributed by atoms with Crippen LogP contribution in [0.1, 0.15) is 37.6 Å². The Balaban J connectivity index is 1.87. The summed E-state index contributed by atoms with van der Waals surface area (Å²) in [5.74, 6) is -0.537. The van der Waals surface area contributed by atoms with E-state index in [2.05, 4.69) is 5.16 Å². The number of fused-ring (bicyclic) bond motifs is 1. The number of carboxylic acids is 1. The Morgan fingerprint density at radius 2 is 1.68 bits per heavy atom. The molecular weight excluding hydrogens is 535 g/mol. The van der Waals surface area contributed by atoms with Crippen molar-refractivity contribution in [2.24, 2.45) is 0 Å². The molecule has 1 unspecified atom stereocenters. The molecule has 1 aromatic heterocycles. The molecule has 1 atom stereocenters. The summed E-state index contributed by atoms with van der Waals surface area (Å²) < 4.78 is 34.0. The van der Waals surface area contributed by atoms with Crippen LogP contribution in [0.25, 0.3) is 21.9 Å². The number of carboxylic acid groups (broad SMARTS) is 1. The Hall–Kier alpha value is -3.07. The molecule has 4 aromatic rings. The highest BCUT2D eigenvalue weighted by atomic mass is 35.5. The Kier molecular flexibility index (Phi) is 7.83. The van der Waals surface area contributed by atoms with Crippen molar-refractivity contribution in [2.75, 3.05) is 4.31 Å². The van der Waals surface area contributed by atoms with Gasteiger partial charge in [-0.15, -0.1) is 0 Å². The minimum Gasteiger partial charge on any atom is -0.480 e. The van der Waals surface area contributed by atoms with Gasteiger partial charge in [0.05, 0.1) is 16.3 Å². The quantitative estimate of drug-likeness (QED) is 0.231. The van der Waals surface area contributed by atoms with Gasteiger partial charge in [-0.3, -0.25) is 4.31 Å². The van der Waals surface area contributed by atoms with E-state index in [0.717, 1.165) is 31.9 Å². The van der Waals surface area contributed by atoms with Gasteiger partial charge in [-0.25, -0.2) is 13.2 Å². The number of rotatable bonds is 9. The smallest absolute Gasteiger partial charge is 0.327 e. The SMILES string of the molecule is CCCCC(C(=O)O)N(c1ccc2cc(-c3c(C)noc3C)ccc2c1)S(=O)(=O)c1cc(Cl)cc(Cl)c1. The first-order valence-corrected chi connectivity index (χ1v) is 13.9. The highest BCUT2D eigenvalue weighted by Gasteiger charge is 2.36. The summed E-state index contributed by atoms with van der Waals surface area (Å²) in [6.45, 7) is 5.63. The van der Waals surface area contributed by atoms with Crippen LogP contribution in [0.5, 0.6) is 0 Å². The number of carbonyl (C=O) groups is 1. The molecule has 194 valence electrons. The first-order chi connectivity index (χ1) is 17.5. The Morgan fingerprint density at radius 3 is 2.27 bits per heavy atom. The van der Waals surface area contributed by atoms with Crippen LogP contribution in [0, 0.1) is 13.8 Å². The van der Waals surface area contributed by atoms with Crippen LogP contribution in [0.4, 0.5) is 5.69 Å². The molecule has 0 fully saturated rings. The number of hydrogen-bond acceptors (Lipinski definition) is 5. The lowest BCUT2D eigenvalue weighted by molar-refractivity contribution is -0.138. The zero-order chi connectivity index (χ0) is 26.9. The van der Waals surface area contributed by atoms with Gasteiger partial charge >= 0.3 is 5.97 Å². The Labute approximate surface area is 225 Å². The van der Waals surface area contributed by atoms with E-state index < -0.39 is 22.0 Å². The largest absolute Gasteiger partial charge is 0.480 e. The molecule has 0 spiro atoms. The third kappa shape index (κ3) is 5.46. The summed E-state index contributed by atoms with van der Waals surface area (Å²) in [6.07, 6.45) is 1.39. The van der Waals surface area contributed by atoms with Crippen LogP contribution < -0.4 is 4.31 Å². The number of aromatic nitrogens is 1. The summed E-state index contributed by atoms with van der Waals surface area (Å²) in [4.78, 5) is 12.2. The van der Waals surface area contributed by atoms with E-state index in [1.54, 1.807) is 18.2 Å². The maximum absolute atomic E-state index is 13.9. The van der Waals surface area contributed by atoms with Crippen LogP contribution >= 0.6 is 23.2 Å². The topological polar surface area (TPSA) is 101 Å². The number of sulfonamides is 1. The number of halogens is 2. The van der Waals surface area contributed by atoms with Crippen LogP contribution in [0.3, 0.4) is 0 Å². The minimum atomic E-state index is -4.33. The fourth-order valence-corrected chi connectivity index (χ4v) is 6.79. The predicted octanol–water partition coefficient (Wildman–Crippen LogP) is 7.26. The van der Waals surface area contributed by atoms with Gasteiger partial charge in [-0.2, -0.15) is 0 Å². The maximum atomic E-state index is 13.9. The standard InChI is InChI=1S/C27H26Cl2N2O5S/c1-4-5-6-25(27(32)33)31(37(34,35)24-14-21(28)13-22(29)15-24)23-10-9-18-11-20(8-7-19(18)12-23)26-16(2)30-36-17(26)3/h7-15,25H,4-6H2,1-3H3,(H,32,33). The van der Waals surface area contributed by atoms with Crippen molar-refractivity contribution in [3.8, 4) is 11.1 Å². The van der Waals surface area contributed by atoms with E-state index in [1.165, 1.54) is 18.2 Å². The van der Waals surface area contributed by atoms with E-state index in [9.17, 15) is 18.3 Å². The van der Waals surface area contributed by atoms with Gasteiger partial charge < -0.3 is 9.63 Å². The van der Waals surface area contributed by atoms with Gasteiger partial charge in [0.25, 0.3) is 10.0 Å². The average Bonchev–Trinajstić information content (AvgIpc) is 3.17. The van der Waals surface area contributed by atoms with Crippen molar-refractivity contribution in [3.05, 3.63) is 76.1 Å². The summed E-state index contributed by atoms with van der Waals surface area (Å²) in [7, 11) is -4.33. The van der Waals surface area contributed by atoms with Crippen molar-refractivity contribution in [2.45, 2.75) is 51.0 Å². The molecular formula is C27H26Cl2N2O5S. The van der Waals surface area contributed by atoms with Crippen LogP contribution in [0.2, 0.25) is 10.0 Å². The molecule has 0 amide bonds. The fourth-order valence-electron chi connectivity index (χ4n) is 4.44. The molecule has 10 heteroatoms. The van der Waals surface area contributed by atoms with Crippen molar-refractivity contribution < 1.29 is 22.8 Å². The van der Waals surface area contributed by atoms with E-state index in [-0.39, 0.29) is 27.0 Å². The third-order valence-electron chi connectivity index (χ3n) is 6.19. The zero-order valence-corrected chi connectivity index (χ0v) is 22.9. The molecule has 1 heterocycles. The number of aliphatic carboxylic acids is 1. The van der Waals surface area contributed by atoms with Crippen molar-refractivity contribution >= 4 is 55.7 Å². The number of aryl methyl sites for hydroxylation is 2. The van der Waals surface area contributed by atoms with E-state index in [4.69, 9.17) is 27.7 Å². The number of hydrogen-bond donors (Lipinski definition) is 1. The first-order valence-electron chi connectivity index (χ1n) is 11.7. The molecule has 4 rings (SSSR count). The van der Waals surface area contributed by atoms with Crippen LogP contribution in [-0.4, -0.2) is 30.7 Å². The second kappa shape index (κ2) is 10.7. The van der Waals surface area contributed by atoms with Gasteiger partial charge in [0.15, 0.2) is 0 Å². The maximum Gasteiger partial charge on any atom is 0.327 e. The third-order valence-corrected chi connectivity index (χ3v) is 8.44. The van der Waals surface area contributed by atoms with Gasteiger partial charge in [0.1, 0.15) is 11.8 Å². The molecule has 3 aromatic carbocycles. The zero-order valence-electron chi connectivity index (χ0n) is 20.5. The number of nitrogens with zero attached hydrogens (tertiary/aromatic N) is 2. The lowest BCUT2D eigenvalue weighted by atomic mass is 9.99. The predicted molar refractivity (Wildman–Crippen MR) is 146 cm³/mol. The van der Waals surface area contributed by atoms with E-state index >= 15 is 0 Å². The van der Waals surface area contributed by atoms with Crippen LogP contribution in [0.15, 0.2) is 64.0 Å². The van der Waals surface area contributed by atoms with Crippen molar-refractivity contribution in [1.29, 1.82) is 0 Å². The number of benzene rings is 3. The molecule has 0 aliphatic rings. The molecule has 37 heavy (non-hydrogen) atoms. The lowest BCUT2D eigenvalue weighted by Crippen LogP contribution is -2.45. The number of anilines is 1. The van der Waals surface area contributed by atoms with Gasteiger partial charge in [0.2, 0.25) is 0 Å². The average molecular weight is 561 g/mol. The summed E-state index contributed by atoms with van der Waals surface area (Å²) in [5.41, 5.74) is 2.82. The second-order valence-corrected chi connectivity index (χ2v) is 11.5. The Bertz CT molecular complexity index is 1540.